The lowest BCUT2D eigenvalue weighted by Crippen LogP contribution is -2.24. The van der Waals surface area contributed by atoms with E-state index in [2.05, 4.69) is 10.5 Å². The van der Waals surface area contributed by atoms with Crippen LogP contribution in [0, 0.1) is 0 Å². The molecule has 0 aliphatic carbocycles. The fraction of sp³-hybridized carbons (Fsp3) is 0.176. The average molecular weight is 367 g/mol. The number of hydrazone groups is 1. The maximum absolute atomic E-state index is 11.7. The molecule has 0 saturated heterocycles. The molecule has 1 amide bonds. The molecule has 0 fully saturated rings. The molecule has 24 heavy (non-hydrogen) atoms. The summed E-state index contributed by atoms with van der Waals surface area (Å²) in [5.41, 5.74) is 3.20. The van der Waals surface area contributed by atoms with Gasteiger partial charge in [-0.2, -0.15) is 5.10 Å². The monoisotopic (exact) mass is 366 g/mol. The van der Waals surface area contributed by atoms with Gasteiger partial charge in [0.25, 0.3) is 5.91 Å². The van der Waals surface area contributed by atoms with Gasteiger partial charge in [-0.1, -0.05) is 23.2 Å². The molecule has 0 unspecified atom stereocenters. The molecular weight excluding hydrogens is 351 g/mol. The third-order valence-electron chi connectivity index (χ3n) is 2.85. The second kappa shape index (κ2) is 9.15. The van der Waals surface area contributed by atoms with Crippen molar-refractivity contribution in [1.82, 2.24) is 5.43 Å². The summed E-state index contributed by atoms with van der Waals surface area (Å²) < 4.78 is 10.7. The van der Waals surface area contributed by atoms with Crippen molar-refractivity contribution in [2.24, 2.45) is 5.10 Å². The zero-order valence-corrected chi connectivity index (χ0v) is 14.5. The lowest BCUT2D eigenvalue weighted by molar-refractivity contribution is -0.123. The zero-order valence-electron chi connectivity index (χ0n) is 13.0. The minimum absolute atomic E-state index is 0.222. The van der Waals surface area contributed by atoms with Crippen molar-refractivity contribution >= 4 is 35.3 Å². The number of nitrogens with zero attached hydrogens (tertiary/aromatic N) is 1. The first-order valence-corrected chi connectivity index (χ1v) is 7.96. The minimum atomic E-state index is -0.409. The highest BCUT2D eigenvalue weighted by Crippen LogP contribution is 2.27. The summed E-state index contributed by atoms with van der Waals surface area (Å²) in [5, 5.41) is 4.72. The third kappa shape index (κ3) is 5.76. The highest BCUT2D eigenvalue weighted by atomic mass is 35.5. The van der Waals surface area contributed by atoms with Crippen LogP contribution in [-0.2, 0) is 4.79 Å². The topological polar surface area (TPSA) is 59.9 Å². The molecule has 0 radical (unpaired) electrons. The zero-order chi connectivity index (χ0) is 17.4. The first-order valence-electron chi connectivity index (χ1n) is 7.21. The number of amides is 1. The predicted octanol–water partition coefficient (Wildman–Crippen LogP) is 3.92. The van der Waals surface area contributed by atoms with Crippen molar-refractivity contribution in [3.05, 3.63) is 58.1 Å². The molecule has 0 aromatic heterocycles. The Bertz CT molecular complexity index is 718. The molecule has 0 saturated carbocycles. The molecule has 126 valence electrons. The van der Waals surface area contributed by atoms with Gasteiger partial charge >= 0.3 is 0 Å². The van der Waals surface area contributed by atoms with Gasteiger partial charge in [0.15, 0.2) is 6.61 Å². The highest BCUT2D eigenvalue weighted by molar-refractivity contribution is 6.34. The first-order chi connectivity index (χ1) is 11.6. The van der Waals surface area contributed by atoms with E-state index in [1.807, 2.05) is 31.2 Å². The van der Waals surface area contributed by atoms with Crippen LogP contribution in [0.3, 0.4) is 0 Å². The Morgan fingerprint density at radius 2 is 1.92 bits per heavy atom. The van der Waals surface area contributed by atoms with E-state index in [-0.39, 0.29) is 6.61 Å². The predicted molar refractivity (Wildman–Crippen MR) is 95.3 cm³/mol. The van der Waals surface area contributed by atoms with Gasteiger partial charge in [-0.05, 0) is 48.9 Å². The molecule has 0 spiro atoms. The lowest BCUT2D eigenvalue weighted by Gasteiger charge is -2.07. The number of hydrogen-bond acceptors (Lipinski definition) is 4. The van der Waals surface area contributed by atoms with E-state index < -0.39 is 5.91 Å². The van der Waals surface area contributed by atoms with Crippen molar-refractivity contribution in [2.75, 3.05) is 13.2 Å². The van der Waals surface area contributed by atoms with Gasteiger partial charge < -0.3 is 9.47 Å². The molecule has 2 aromatic carbocycles. The van der Waals surface area contributed by atoms with Crippen LogP contribution in [-0.4, -0.2) is 25.3 Å². The van der Waals surface area contributed by atoms with Crippen LogP contribution in [0.5, 0.6) is 11.5 Å². The van der Waals surface area contributed by atoms with Crippen molar-refractivity contribution in [3.8, 4) is 11.5 Å². The van der Waals surface area contributed by atoms with Gasteiger partial charge in [0.1, 0.15) is 11.5 Å². The minimum Gasteiger partial charge on any atom is -0.494 e. The number of nitrogens with one attached hydrogen (secondary N) is 1. The van der Waals surface area contributed by atoms with E-state index in [9.17, 15) is 4.79 Å². The van der Waals surface area contributed by atoms with Crippen LogP contribution in [0.15, 0.2) is 47.6 Å². The number of carbonyl (C=O) groups excluding carboxylic acids is 1. The first kappa shape index (κ1) is 18.1. The quantitative estimate of drug-likeness (QED) is 0.596. The number of halogens is 2. The normalized spacial score (nSPS) is 10.6. The smallest absolute Gasteiger partial charge is 0.277 e. The summed E-state index contributed by atoms with van der Waals surface area (Å²) in [6.07, 6.45) is 1.53. The van der Waals surface area contributed by atoms with Crippen LogP contribution < -0.4 is 14.9 Å². The fourth-order valence-corrected chi connectivity index (χ4v) is 2.09. The van der Waals surface area contributed by atoms with Crippen LogP contribution in [0.25, 0.3) is 0 Å². The summed E-state index contributed by atoms with van der Waals surface area (Å²) in [4.78, 5) is 11.7. The fourth-order valence-electron chi connectivity index (χ4n) is 1.76. The van der Waals surface area contributed by atoms with E-state index in [1.165, 1.54) is 6.21 Å². The van der Waals surface area contributed by atoms with Gasteiger partial charge in [-0.25, -0.2) is 5.43 Å². The second-order valence-corrected chi connectivity index (χ2v) is 5.50. The molecule has 5 nitrogen and oxygen atoms in total. The van der Waals surface area contributed by atoms with Crippen LogP contribution >= 0.6 is 23.2 Å². The van der Waals surface area contributed by atoms with E-state index in [0.717, 1.165) is 11.3 Å². The number of rotatable bonds is 7. The van der Waals surface area contributed by atoms with Crippen molar-refractivity contribution in [3.63, 3.8) is 0 Å². The third-order valence-corrected chi connectivity index (χ3v) is 3.39. The Kier molecular flexibility index (Phi) is 6.90. The number of ether oxygens (including phenoxy) is 2. The molecule has 0 heterocycles. The number of hydrogen-bond donors (Lipinski definition) is 1. The van der Waals surface area contributed by atoms with Crippen LogP contribution in [0.4, 0.5) is 0 Å². The SMILES string of the molecule is CCOc1ccc(C=NNC(=O)COc2cc(Cl)ccc2Cl)cc1. The Morgan fingerprint density at radius 1 is 1.17 bits per heavy atom. The van der Waals surface area contributed by atoms with Crippen LogP contribution in [0.2, 0.25) is 10.0 Å². The molecular formula is C17H16Cl2N2O3. The molecule has 0 aliphatic heterocycles. The Morgan fingerprint density at radius 3 is 2.62 bits per heavy atom. The van der Waals surface area contributed by atoms with Crippen molar-refractivity contribution < 1.29 is 14.3 Å². The summed E-state index contributed by atoms with van der Waals surface area (Å²) in [5.74, 6) is 0.716. The van der Waals surface area contributed by atoms with Crippen molar-refractivity contribution in [2.45, 2.75) is 6.92 Å². The van der Waals surface area contributed by atoms with E-state index in [0.29, 0.717) is 22.4 Å². The maximum atomic E-state index is 11.7. The molecule has 0 bridgehead atoms. The average Bonchev–Trinajstić information content (AvgIpc) is 2.57. The molecule has 0 atom stereocenters. The molecule has 2 aromatic rings. The molecule has 2 rings (SSSR count). The summed E-state index contributed by atoms with van der Waals surface area (Å²) in [6, 6.07) is 12.1. The van der Waals surface area contributed by atoms with Crippen molar-refractivity contribution in [1.29, 1.82) is 0 Å². The Balaban J connectivity index is 1.81. The Labute approximate surface area is 150 Å². The van der Waals surface area contributed by atoms with E-state index in [4.69, 9.17) is 32.7 Å². The van der Waals surface area contributed by atoms with Gasteiger partial charge in [0.2, 0.25) is 0 Å². The van der Waals surface area contributed by atoms with Gasteiger partial charge in [0, 0.05) is 11.1 Å². The lowest BCUT2D eigenvalue weighted by atomic mass is 10.2. The van der Waals surface area contributed by atoms with E-state index in [1.54, 1.807) is 18.2 Å². The molecule has 1 N–H and O–H groups in total. The van der Waals surface area contributed by atoms with Gasteiger partial charge in [-0.15, -0.1) is 0 Å². The summed E-state index contributed by atoms with van der Waals surface area (Å²) in [6.45, 7) is 2.31. The molecule has 7 heteroatoms. The van der Waals surface area contributed by atoms with Gasteiger partial charge in [0.05, 0.1) is 17.8 Å². The molecule has 0 aliphatic rings. The number of carbonyl (C=O) groups is 1. The largest absolute Gasteiger partial charge is 0.494 e. The summed E-state index contributed by atoms with van der Waals surface area (Å²) >= 11 is 11.8. The highest BCUT2D eigenvalue weighted by Gasteiger charge is 2.06. The number of benzene rings is 2. The van der Waals surface area contributed by atoms with Crippen LogP contribution in [0.1, 0.15) is 12.5 Å². The summed E-state index contributed by atoms with van der Waals surface area (Å²) in [7, 11) is 0. The standard InChI is InChI=1S/C17H16Cl2N2O3/c1-2-23-14-6-3-12(4-7-14)10-20-21-17(22)11-24-16-9-13(18)5-8-15(16)19/h3-10H,2,11H2,1H3,(H,21,22). The van der Waals surface area contributed by atoms with E-state index >= 15 is 0 Å². The van der Waals surface area contributed by atoms with Gasteiger partial charge in [-0.3, -0.25) is 4.79 Å². The Hall–Kier alpha value is -2.24. The maximum Gasteiger partial charge on any atom is 0.277 e. The second-order valence-electron chi connectivity index (χ2n) is 4.66.